The van der Waals surface area contributed by atoms with E-state index in [1.165, 1.54) is 12.8 Å². The molecule has 0 saturated carbocycles. The Hall–Kier alpha value is -2.55. The largest absolute Gasteiger partial charge is 0.370 e. The molecule has 1 aliphatic rings. The lowest BCUT2D eigenvalue weighted by molar-refractivity contribution is 0.949. The molecule has 0 spiro atoms. The number of nitriles is 1. The van der Waals surface area contributed by atoms with Crippen molar-refractivity contribution >= 4 is 11.5 Å². The number of aromatic nitrogens is 3. The van der Waals surface area contributed by atoms with Crippen molar-refractivity contribution in [2.75, 3.05) is 29.9 Å². The first kappa shape index (κ1) is 13.4. The molecule has 108 valence electrons. The Balaban J connectivity index is 1.72. The van der Waals surface area contributed by atoms with Crippen LogP contribution in [0.25, 0.3) is 0 Å². The molecular weight excluding hydrogens is 264 g/mol. The van der Waals surface area contributed by atoms with Crippen LogP contribution in [0, 0.1) is 11.3 Å². The summed E-state index contributed by atoms with van der Waals surface area (Å²) < 4.78 is 0. The summed E-state index contributed by atoms with van der Waals surface area (Å²) >= 11 is 0. The molecule has 3 heterocycles. The van der Waals surface area contributed by atoms with Crippen LogP contribution in [-0.4, -0.2) is 34.6 Å². The fraction of sp³-hybridized carbons (Fsp3) is 0.400. The number of imidazole rings is 1. The third-order valence-corrected chi connectivity index (χ3v) is 3.73. The first-order valence-corrected chi connectivity index (χ1v) is 7.23. The second kappa shape index (κ2) is 6.27. The Morgan fingerprint density at radius 2 is 2.24 bits per heavy atom. The van der Waals surface area contributed by atoms with Gasteiger partial charge in [-0.25, -0.2) is 9.97 Å². The summed E-state index contributed by atoms with van der Waals surface area (Å²) in [7, 11) is 0. The van der Waals surface area contributed by atoms with Crippen LogP contribution in [-0.2, 0) is 6.42 Å². The Labute approximate surface area is 123 Å². The van der Waals surface area contributed by atoms with Crippen molar-refractivity contribution in [1.29, 1.82) is 5.26 Å². The summed E-state index contributed by atoms with van der Waals surface area (Å²) in [5.74, 6) is 0.668. The lowest BCUT2D eigenvalue weighted by atomic mass is 10.2. The Morgan fingerprint density at radius 3 is 2.95 bits per heavy atom. The number of nitrogens with one attached hydrogen (secondary N) is 2. The van der Waals surface area contributed by atoms with E-state index in [2.05, 4.69) is 31.2 Å². The van der Waals surface area contributed by atoms with E-state index in [4.69, 9.17) is 0 Å². The van der Waals surface area contributed by atoms with Crippen molar-refractivity contribution in [1.82, 2.24) is 15.0 Å². The SMILES string of the molecule is N#Cc1c(N2CCCC2)ccnc1NCCc1cnc[nH]1. The minimum Gasteiger partial charge on any atom is -0.370 e. The fourth-order valence-electron chi connectivity index (χ4n) is 2.65. The highest BCUT2D eigenvalue weighted by Gasteiger charge is 2.18. The van der Waals surface area contributed by atoms with E-state index in [0.29, 0.717) is 17.9 Å². The first-order valence-electron chi connectivity index (χ1n) is 7.23. The molecule has 2 aromatic rings. The second-order valence-corrected chi connectivity index (χ2v) is 5.11. The van der Waals surface area contributed by atoms with E-state index in [1.807, 2.05) is 6.07 Å². The maximum atomic E-state index is 9.47. The molecule has 1 aliphatic heterocycles. The van der Waals surface area contributed by atoms with Gasteiger partial charge in [-0.05, 0) is 18.9 Å². The van der Waals surface area contributed by atoms with Crippen LogP contribution in [0.15, 0.2) is 24.8 Å². The molecule has 0 aliphatic carbocycles. The maximum absolute atomic E-state index is 9.47. The predicted molar refractivity (Wildman–Crippen MR) is 81.2 cm³/mol. The Kier molecular flexibility index (Phi) is 4.01. The smallest absolute Gasteiger partial charge is 0.146 e. The topological polar surface area (TPSA) is 80.6 Å². The van der Waals surface area contributed by atoms with Gasteiger partial charge >= 0.3 is 0 Å². The average Bonchev–Trinajstić information content (AvgIpc) is 3.20. The zero-order valence-electron chi connectivity index (χ0n) is 11.8. The summed E-state index contributed by atoms with van der Waals surface area (Å²) in [4.78, 5) is 13.6. The lowest BCUT2D eigenvalue weighted by Crippen LogP contribution is -2.20. The van der Waals surface area contributed by atoms with Gasteiger partial charge in [0.25, 0.3) is 0 Å². The standard InChI is InChI=1S/C15H18N6/c16-9-13-14(21-7-1-2-8-21)4-6-19-15(13)18-5-3-12-10-17-11-20-12/h4,6,10-11H,1-3,5,7-8H2,(H,17,20)(H,18,19). The number of rotatable bonds is 5. The molecule has 6 heteroatoms. The van der Waals surface area contributed by atoms with E-state index < -0.39 is 0 Å². The van der Waals surface area contributed by atoms with Crippen molar-refractivity contribution in [2.24, 2.45) is 0 Å². The van der Waals surface area contributed by atoms with Crippen LogP contribution in [0.4, 0.5) is 11.5 Å². The normalized spacial score (nSPS) is 14.1. The maximum Gasteiger partial charge on any atom is 0.146 e. The van der Waals surface area contributed by atoms with Crippen LogP contribution >= 0.6 is 0 Å². The monoisotopic (exact) mass is 282 g/mol. The highest BCUT2D eigenvalue weighted by molar-refractivity contribution is 5.69. The van der Waals surface area contributed by atoms with Gasteiger partial charge in [0.2, 0.25) is 0 Å². The zero-order valence-corrected chi connectivity index (χ0v) is 11.8. The van der Waals surface area contributed by atoms with Gasteiger partial charge < -0.3 is 15.2 Å². The van der Waals surface area contributed by atoms with E-state index in [0.717, 1.165) is 30.9 Å². The summed E-state index contributed by atoms with van der Waals surface area (Å²) in [5.41, 5.74) is 2.70. The van der Waals surface area contributed by atoms with E-state index in [-0.39, 0.29) is 0 Å². The molecule has 21 heavy (non-hydrogen) atoms. The van der Waals surface area contributed by atoms with Crippen LogP contribution < -0.4 is 10.2 Å². The number of nitrogens with zero attached hydrogens (tertiary/aromatic N) is 4. The summed E-state index contributed by atoms with van der Waals surface area (Å²) in [6.45, 7) is 2.76. The van der Waals surface area contributed by atoms with Gasteiger partial charge in [0.1, 0.15) is 17.5 Å². The molecule has 3 rings (SSSR count). The van der Waals surface area contributed by atoms with Crippen LogP contribution in [0.1, 0.15) is 24.1 Å². The molecule has 0 atom stereocenters. The number of pyridine rings is 1. The molecule has 1 fully saturated rings. The van der Waals surface area contributed by atoms with Gasteiger partial charge in [0.05, 0.1) is 12.0 Å². The number of hydrogen-bond acceptors (Lipinski definition) is 5. The quantitative estimate of drug-likeness (QED) is 0.876. The molecule has 0 radical (unpaired) electrons. The molecule has 2 N–H and O–H groups in total. The molecular formula is C15H18N6. The van der Waals surface area contributed by atoms with Gasteiger partial charge in [-0.1, -0.05) is 0 Å². The summed E-state index contributed by atoms with van der Waals surface area (Å²) in [5, 5.41) is 12.7. The van der Waals surface area contributed by atoms with Crippen LogP contribution in [0.3, 0.4) is 0 Å². The van der Waals surface area contributed by atoms with Gasteiger partial charge in [-0.3, -0.25) is 0 Å². The zero-order chi connectivity index (χ0) is 14.5. The first-order chi connectivity index (χ1) is 10.4. The van der Waals surface area contributed by atoms with Gasteiger partial charge in [-0.2, -0.15) is 5.26 Å². The molecule has 0 bridgehead atoms. The Morgan fingerprint density at radius 1 is 1.38 bits per heavy atom. The third-order valence-electron chi connectivity index (χ3n) is 3.73. The molecule has 2 aromatic heterocycles. The molecule has 0 unspecified atom stereocenters. The van der Waals surface area contributed by atoms with Crippen molar-refractivity contribution in [2.45, 2.75) is 19.3 Å². The third kappa shape index (κ3) is 2.97. The number of H-pyrrole nitrogens is 1. The average molecular weight is 282 g/mol. The summed E-state index contributed by atoms with van der Waals surface area (Å²) in [6.07, 6.45) is 8.45. The van der Waals surface area contributed by atoms with Crippen molar-refractivity contribution < 1.29 is 0 Å². The molecule has 0 aromatic carbocycles. The minimum atomic E-state index is 0.643. The number of anilines is 2. The van der Waals surface area contributed by atoms with Crippen molar-refractivity contribution in [3.63, 3.8) is 0 Å². The van der Waals surface area contributed by atoms with Crippen LogP contribution in [0.5, 0.6) is 0 Å². The second-order valence-electron chi connectivity index (χ2n) is 5.11. The number of aromatic amines is 1. The van der Waals surface area contributed by atoms with Gasteiger partial charge in [-0.15, -0.1) is 0 Å². The van der Waals surface area contributed by atoms with Crippen LogP contribution in [0.2, 0.25) is 0 Å². The lowest BCUT2D eigenvalue weighted by Gasteiger charge is -2.20. The summed E-state index contributed by atoms with van der Waals surface area (Å²) in [6, 6.07) is 4.23. The van der Waals surface area contributed by atoms with Crippen molar-refractivity contribution in [3.05, 3.63) is 36.0 Å². The number of hydrogen-bond donors (Lipinski definition) is 2. The van der Waals surface area contributed by atoms with E-state index >= 15 is 0 Å². The van der Waals surface area contributed by atoms with E-state index in [1.54, 1.807) is 18.7 Å². The van der Waals surface area contributed by atoms with Crippen molar-refractivity contribution in [3.8, 4) is 6.07 Å². The van der Waals surface area contributed by atoms with Gasteiger partial charge in [0.15, 0.2) is 0 Å². The Bertz CT molecular complexity index is 622. The van der Waals surface area contributed by atoms with E-state index in [9.17, 15) is 5.26 Å². The molecule has 6 nitrogen and oxygen atoms in total. The highest BCUT2D eigenvalue weighted by atomic mass is 15.2. The molecule has 0 amide bonds. The van der Waals surface area contributed by atoms with Gasteiger partial charge in [0, 0.05) is 44.1 Å². The minimum absolute atomic E-state index is 0.643. The highest BCUT2D eigenvalue weighted by Crippen LogP contribution is 2.27. The fourth-order valence-corrected chi connectivity index (χ4v) is 2.65. The predicted octanol–water partition coefficient (Wildman–Crippen LogP) is 1.93. The molecule has 1 saturated heterocycles.